The second kappa shape index (κ2) is 2.75. The summed E-state index contributed by atoms with van der Waals surface area (Å²) in [7, 11) is 0. The van der Waals surface area contributed by atoms with Crippen LogP contribution in [0, 0.1) is 0 Å². The first-order valence-corrected chi connectivity index (χ1v) is 4.68. The number of halogens is 1. The third kappa shape index (κ3) is 1.34. The molecule has 0 aliphatic heterocycles. The molecule has 0 saturated carbocycles. The van der Waals surface area contributed by atoms with Crippen LogP contribution in [-0.2, 0) is 0 Å². The third-order valence-corrected chi connectivity index (χ3v) is 2.22. The Morgan fingerprint density at radius 3 is 2.91 bits per heavy atom. The van der Waals surface area contributed by atoms with Crippen LogP contribution in [0.15, 0.2) is 28.0 Å². The molecule has 0 atom stereocenters. The molecule has 0 aromatic carbocycles. The maximum absolute atomic E-state index is 4.12. The minimum Gasteiger partial charge on any atom is -0.289 e. The molecule has 0 amide bonds. The van der Waals surface area contributed by atoms with Crippen LogP contribution in [-0.4, -0.2) is 14.5 Å². The fraction of sp³-hybridized carbons (Fsp3) is 0. The predicted molar refractivity (Wildman–Crippen MR) is 46.9 cm³/mol. The summed E-state index contributed by atoms with van der Waals surface area (Å²) in [6.45, 7) is 0. The monoisotopic (exact) mass is 229 g/mol. The molecular formula is C6H4BrN3S. The Labute approximate surface area is 75.9 Å². The van der Waals surface area contributed by atoms with E-state index >= 15 is 0 Å². The molecule has 2 aromatic heterocycles. The van der Waals surface area contributed by atoms with Gasteiger partial charge in [-0.3, -0.25) is 4.57 Å². The second-order valence-electron chi connectivity index (χ2n) is 1.95. The molecule has 0 unspecified atom stereocenters. The van der Waals surface area contributed by atoms with Crippen molar-refractivity contribution < 1.29 is 0 Å². The van der Waals surface area contributed by atoms with E-state index in [1.54, 1.807) is 23.2 Å². The lowest BCUT2D eigenvalue weighted by Crippen LogP contribution is -1.87. The van der Waals surface area contributed by atoms with E-state index in [0.717, 1.165) is 10.4 Å². The summed E-state index contributed by atoms with van der Waals surface area (Å²) in [5.41, 5.74) is 1.79. The van der Waals surface area contributed by atoms with Gasteiger partial charge in [0.05, 0.1) is 5.51 Å². The average molecular weight is 230 g/mol. The zero-order valence-corrected chi connectivity index (χ0v) is 7.84. The van der Waals surface area contributed by atoms with E-state index in [1.807, 2.05) is 16.1 Å². The van der Waals surface area contributed by atoms with Gasteiger partial charge in [0, 0.05) is 11.6 Å². The van der Waals surface area contributed by atoms with Gasteiger partial charge in [-0.1, -0.05) is 0 Å². The highest BCUT2D eigenvalue weighted by molar-refractivity contribution is 9.10. The number of thiazole rings is 1. The largest absolute Gasteiger partial charge is 0.289 e. The molecule has 2 heterocycles. The summed E-state index contributed by atoms with van der Waals surface area (Å²) in [4.78, 5) is 8.14. The van der Waals surface area contributed by atoms with Gasteiger partial charge < -0.3 is 0 Å². The summed E-state index contributed by atoms with van der Waals surface area (Å²) in [5.74, 6) is 0.910. The summed E-state index contributed by atoms with van der Waals surface area (Å²) in [6.07, 6.45) is 3.59. The van der Waals surface area contributed by atoms with Crippen molar-refractivity contribution in [2.45, 2.75) is 0 Å². The number of hydrogen-bond acceptors (Lipinski definition) is 3. The van der Waals surface area contributed by atoms with Crippen molar-refractivity contribution in [3.05, 3.63) is 28.0 Å². The van der Waals surface area contributed by atoms with Gasteiger partial charge in [-0.25, -0.2) is 9.97 Å². The van der Waals surface area contributed by atoms with Gasteiger partial charge in [0.1, 0.15) is 16.7 Å². The third-order valence-electron chi connectivity index (χ3n) is 1.23. The van der Waals surface area contributed by atoms with Gasteiger partial charge in [0.15, 0.2) is 0 Å². The molecule has 0 fully saturated rings. The Morgan fingerprint density at radius 2 is 2.36 bits per heavy atom. The first-order chi connectivity index (χ1) is 5.36. The molecular weight excluding hydrogens is 226 g/mol. The lowest BCUT2D eigenvalue weighted by Gasteiger charge is -1.91. The van der Waals surface area contributed by atoms with E-state index < -0.39 is 0 Å². The molecule has 0 saturated heterocycles. The van der Waals surface area contributed by atoms with E-state index in [4.69, 9.17) is 0 Å². The standard InChI is InChI=1S/C6H4BrN3S/c7-5-1-10(3-8-5)6-2-11-4-9-6/h1-4H. The fourth-order valence-corrected chi connectivity index (χ4v) is 1.60. The van der Waals surface area contributed by atoms with E-state index in [9.17, 15) is 0 Å². The number of nitrogens with zero attached hydrogens (tertiary/aromatic N) is 3. The number of rotatable bonds is 1. The zero-order chi connectivity index (χ0) is 7.68. The molecule has 0 radical (unpaired) electrons. The zero-order valence-electron chi connectivity index (χ0n) is 5.44. The van der Waals surface area contributed by atoms with Gasteiger partial charge in [-0.2, -0.15) is 0 Å². The summed E-state index contributed by atoms with van der Waals surface area (Å²) < 4.78 is 2.69. The Balaban J connectivity index is 2.45. The molecule has 0 bridgehead atoms. The first-order valence-electron chi connectivity index (χ1n) is 2.94. The van der Waals surface area contributed by atoms with Gasteiger partial charge in [0.2, 0.25) is 0 Å². The van der Waals surface area contributed by atoms with Crippen LogP contribution < -0.4 is 0 Å². The van der Waals surface area contributed by atoms with Crippen molar-refractivity contribution in [2.75, 3.05) is 0 Å². The Morgan fingerprint density at radius 1 is 1.45 bits per heavy atom. The lowest BCUT2D eigenvalue weighted by atomic mass is 10.7. The average Bonchev–Trinajstić information content (AvgIpc) is 2.55. The Kier molecular flexibility index (Phi) is 1.75. The topological polar surface area (TPSA) is 30.7 Å². The van der Waals surface area contributed by atoms with Crippen molar-refractivity contribution >= 4 is 27.3 Å². The van der Waals surface area contributed by atoms with E-state index in [1.165, 1.54) is 0 Å². The Bertz CT molecular complexity index is 340. The molecule has 11 heavy (non-hydrogen) atoms. The fourth-order valence-electron chi connectivity index (χ4n) is 0.758. The van der Waals surface area contributed by atoms with Gasteiger partial charge in [0.25, 0.3) is 0 Å². The van der Waals surface area contributed by atoms with Crippen molar-refractivity contribution in [1.82, 2.24) is 14.5 Å². The van der Waals surface area contributed by atoms with Crippen molar-refractivity contribution in [3.63, 3.8) is 0 Å². The van der Waals surface area contributed by atoms with Crippen molar-refractivity contribution in [1.29, 1.82) is 0 Å². The quantitative estimate of drug-likeness (QED) is 0.750. The minimum absolute atomic E-state index is 0.825. The summed E-state index contributed by atoms with van der Waals surface area (Å²) >= 11 is 4.83. The van der Waals surface area contributed by atoms with Gasteiger partial charge >= 0.3 is 0 Å². The maximum Gasteiger partial charge on any atom is 0.148 e. The smallest absolute Gasteiger partial charge is 0.148 e. The first kappa shape index (κ1) is 7.00. The lowest BCUT2D eigenvalue weighted by molar-refractivity contribution is 1.01. The van der Waals surface area contributed by atoms with E-state index in [0.29, 0.717) is 0 Å². The highest BCUT2D eigenvalue weighted by atomic mass is 79.9. The van der Waals surface area contributed by atoms with E-state index in [2.05, 4.69) is 25.9 Å². The minimum atomic E-state index is 0.825. The van der Waals surface area contributed by atoms with Crippen molar-refractivity contribution in [3.8, 4) is 5.82 Å². The SMILES string of the molecule is Brc1cn(-c2cscn2)cn1. The van der Waals surface area contributed by atoms with Crippen LogP contribution in [0.3, 0.4) is 0 Å². The van der Waals surface area contributed by atoms with Crippen LogP contribution in [0.1, 0.15) is 0 Å². The molecule has 0 spiro atoms. The van der Waals surface area contributed by atoms with Gasteiger partial charge in [-0.15, -0.1) is 11.3 Å². The molecule has 0 aliphatic carbocycles. The molecule has 2 aromatic rings. The van der Waals surface area contributed by atoms with Crippen molar-refractivity contribution in [2.24, 2.45) is 0 Å². The van der Waals surface area contributed by atoms with E-state index in [-0.39, 0.29) is 0 Å². The molecule has 0 aliphatic rings. The molecule has 0 N–H and O–H groups in total. The Hall–Kier alpha value is -0.680. The van der Waals surface area contributed by atoms with Crippen LogP contribution in [0.2, 0.25) is 0 Å². The summed E-state index contributed by atoms with van der Waals surface area (Å²) in [6, 6.07) is 0. The predicted octanol–water partition coefficient (Wildman–Crippen LogP) is 2.09. The van der Waals surface area contributed by atoms with Crippen LogP contribution >= 0.6 is 27.3 Å². The normalized spacial score (nSPS) is 10.3. The number of aromatic nitrogens is 3. The van der Waals surface area contributed by atoms with Crippen LogP contribution in [0.25, 0.3) is 5.82 Å². The molecule has 5 heteroatoms. The molecule has 56 valence electrons. The summed E-state index contributed by atoms with van der Waals surface area (Å²) in [5, 5.41) is 1.97. The highest BCUT2D eigenvalue weighted by Gasteiger charge is 1.97. The maximum atomic E-state index is 4.12. The molecule has 2 rings (SSSR count). The number of imidazole rings is 1. The van der Waals surface area contributed by atoms with Gasteiger partial charge in [-0.05, 0) is 15.9 Å². The second-order valence-corrected chi connectivity index (χ2v) is 3.48. The number of hydrogen-bond donors (Lipinski definition) is 0. The highest BCUT2D eigenvalue weighted by Crippen LogP contribution is 2.11. The van der Waals surface area contributed by atoms with Crippen LogP contribution in [0.5, 0.6) is 0 Å². The van der Waals surface area contributed by atoms with Crippen LogP contribution in [0.4, 0.5) is 0 Å². The molecule has 3 nitrogen and oxygen atoms in total.